The molecule has 6 nitrogen and oxygen atoms in total. The average Bonchev–Trinajstić information content (AvgIpc) is 2.70. The van der Waals surface area contributed by atoms with Gasteiger partial charge in [-0.1, -0.05) is 47.5 Å². The zero-order valence-electron chi connectivity index (χ0n) is 16.0. The van der Waals surface area contributed by atoms with Crippen LogP contribution in [0.15, 0.2) is 65.5 Å². The molecule has 2 aromatic carbocycles. The first-order valence-corrected chi connectivity index (χ1v) is 9.13. The van der Waals surface area contributed by atoms with Crippen molar-refractivity contribution in [2.75, 3.05) is 13.2 Å². The Morgan fingerprint density at radius 3 is 2.29 bits per heavy atom. The fourth-order valence-corrected chi connectivity index (χ4v) is 2.61. The van der Waals surface area contributed by atoms with Crippen LogP contribution in [0.5, 0.6) is 5.75 Å². The zero-order valence-corrected chi connectivity index (χ0v) is 16.0. The number of ether oxygens (including phenoxy) is 1. The molecular formula is C22H23N3O3. The van der Waals surface area contributed by atoms with E-state index in [9.17, 15) is 9.59 Å². The highest BCUT2D eigenvalue weighted by atomic mass is 16.5. The minimum atomic E-state index is -0.342. The van der Waals surface area contributed by atoms with Crippen molar-refractivity contribution in [2.45, 2.75) is 20.4 Å². The van der Waals surface area contributed by atoms with Gasteiger partial charge in [0.25, 0.3) is 11.5 Å². The Hall–Kier alpha value is -3.41. The molecule has 0 aliphatic heterocycles. The van der Waals surface area contributed by atoms with Crippen LogP contribution in [0.4, 0.5) is 0 Å². The summed E-state index contributed by atoms with van der Waals surface area (Å²) >= 11 is 0. The first-order chi connectivity index (χ1) is 13.5. The van der Waals surface area contributed by atoms with E-state index >= 15 is 0 Å². The Kier molecular flexibility index (Phi) is 6.22. The first-order valence-electron chi connectivity index (χ1n) is 9.13. The van der Waals surface area contributed by atoms with Gasteiger partial charge in [-0.15, -0.1) is 0 Å². The van der Waals surface area contributed by atoms with Crippen molar-refractivity contribution in [2.24, 2.45) is 0 Å². The zero-order chi connectivity index (χ0) is 19.9. The molecule has 1 heterocycles. The fourth-order valence-electron chi connectivity index (χ4n) is 2.61. The number of carbonyl (C=O) groups is 1. The van der Waals surface area contributed by atoms with Gasteiger partial charge in [0.05, 0.1) is 13.1 Å². The Bertz CT molecular complexity index is 993. The van der Waals surface area contributed by atoms with E-state index in [-0.39, 0.29) is 17.2 Å². The van der Waals surface area contributed by atoms with E-state index in [1.807, 2.05) is 62.4 Å². The summed E-state index contributed by atoms with van der Waals surface area (Å²) in [4.78, 5) is 24.4. The number of aromatic nitrogens is 2. The van der Waals surface area contributed by atoms with Gasteiger partial charge in [0.1, 0.15) is 18.1 Å². The van der Waals surface area contributed by atoms with Crippen molar-refractivity contribution >= 4 is 5.91 Å². The minimum Gasteiger partial charge on any atom is -0.492 e. The van der Waals surface area contributed by atoms with Crippen LogP contribution >= 0.6 is 0 Å². The average molecular weight is 377 g/mol. The van der Waals surface area contributed by atoms with Crippen molar-refractivity contribution in [3.63, 3.8) is 0 Å². The third-order valence-electron chi connectivity index (χ3n) is 4.23. The Morgan fingerprint density at radius 2 is 1.61 bits per heavy atom. The molecule has 1 aromatic heterocycles. The summed E-state index contributed by atoms with van der Waals surface area (Å²) < 4.78 is 6.88. The minimum absolute atomic E-state index is 0.196. The molecule has 0 saturated heterocycles. The standard InChI is InChI=1S/C22H23N3O3/c1-16-3-7-18(8-4-16)15-25-21(26)12-11-20(24-25)22(27)23-13-14-28-19-9-5-17(2)6-10-19/h3-12H,13-15H2,1-2H3,(H,23,27). The lowest BCUT2D eigenvalue weighted by molar-refractivity contribution is 0.0939. The molecule has 1 N–H and O–H groups in total. The number of benzene rings is 2. The molecule has 0 unspecified atom stereocenters. The summed E-state index contributed by atoms with van der Waals surface area (Å²) in [6.07, 6.45) is 0. The fraction of sp³-hybridized carbons (Fsp3) is 0.227. The van der Waals surface area contributed by atoms with E-state index in [4.69, 9.17) is 4.74 Å². The van der Waals surface area contributed by atoms with Crippen molar-refractivity contribution in [1.29, 1.82) is 0 Å². The number of nitrogens with zero attached hydrogens (tertiary/aromatic N) is 2. The summed E-state index contributed by atoms with van der Waals surface area (Å²) in [5, 5.41) is 6.94. The molecule has 28 heavy (non-hydrogen) atoms. The maximum Gasteiger partial charge on any atom is 0.271 e. The quantitative estimate of drug-likeness (QED) is 0.643. The predicted octanol–water partition coefficient (Wildman–Crippen LogP) is 2.72. The molecule has 6 heteroatoms. The highest BCUT2D eigenvalue weighted by Gasteiger charge is 2.09. The van der Waals surface area contributed by atoms with Crippen molar-refractivity contribution in [3.05, 3.63) is 93.4 Å². The number of carbonyl (C=O) groups excluding carboxylic acids is 1. The highest BCUT2D eigenvalue weighted by Crippen LogP contribution is 2.10. The Balaban J connectivity index is 1.56. The number of aryl methyl sites for hydroxylation is 2. The summed E-state index contributed by atoms with van der Waals surface area (Å²) in [5.74, 6) is 0.412. The topological polar surface area (TPSA) is 73.2 Å². The third kappa shape index (κ3) is 5.30. The first kappa shape index (κ1) is 19.4. The van der Waals surface area contributed by atoms with Crippen LogP contribution in [0.25, 0.3) is 0 Å². The van der Waals surface area contributed by atoms with Gasteiger partial charge in [0, 0.05) is 6.07 Å². The number of rotatable bonds is 7. The van der Waals surface area contributed by atoms with Gasteiger partial charge in [-0.2, -0.15) is 5.10 Å². The van der Waals surface area contributed by atoms with Crippen LogP contribution in [0.3, 0.4) is 0 Å². The van der Waals surface area contributed by atoms with Gasteiger partial charge in [-0.05, 0) is 37.6 Å². The molecule has 0 aliphatic rings. The number of amides is 1. The lowest BCUT2D eigenvalue weighted by atomic mass is 10.1. The molecule has 0 spiro atoms. The normalized spacial score (nSPS) is 10.5. The molecule has 3 aromatic rings. The van der Waals surface area contributed by atoms with Gasteiger partial charge in [-0.3, -0.25) is 9.59 Å². The predicted molar refractivity (Wildman–Crippen MR) is 108 cm³/mol. The number of nitrogens with one attached hydrogen (secondary N) is 1. The monoisotopic (exact) mass is 377 g/mol. The molecule has 0 atom stereocenters. The SMILES string of the molecule is Cc1ccc(Cn2nc(C(=O)NCCOc3ccc(C)cc3)ccc2=O)cc1. The van der Waals surface area contributed by atoms with Gasteiger partial charge >= 0.3 is 0 Å². The molecule has 0 saturated carbocycles. The van der Waals surface area contributed by atoms with Crippen LogP contribution in [-0.2, 0) is 6.54 Å². The van der Waals surface area contributed by atoms with Crippen molar-refractivity contribution < 1.29 is 9.53 Å². The molecular weight excluding hydrogens is 354 g/mol. The molecule has 144 valence electrons. The van der Waals surface area contributed by atoms with Crippen LogP contribution in [0.1, 0.15) is 27.2 Å². The lowest BCUT2D eigenvalue weighted by Crippen LogP contribution is -2.32. The Morgan fingerprint density at radius 1 is 0.964 bits per heavy atom. The van der Waals surface area contributed by atoms with E-state index in [1.54, 1.807) is 0 Å². The maximum atomic E-state index is 12.3. The molecule has 0 bridgehead atoms. The highest BCUT2D eigenvalue weighted by molar-refractivity contribution is 5.91. The van der Waals surface area contributed by atoms with E-state index in [2.05, 4.69) is 10.4 Å². The summed E-state index contributed by atoms with van der Waals surface area (Å²) in [6.45, 7) is 5.01. The molecule has 0 aliphatic carbocycles. The second-order valence-corrected chi connectivity index (χ2v) is 6.62. The van der Waals surface area contributed by atoms with E-state index < -0.39 is 0 Å². The van der Waals surface area contributed by atoms with Gasteiger partial charge in [0.2, 0.25) is 0 Å². The van der Waals surface area contributed by atoms with Crippen molar-refractivity contribution in [3.8, 4) is 5.75 Å². The molecule has 3 rings (SSSR count). The second-order valence-electron chi connectivity index (χ2n) is 6.62. The van der Waals surface area contributed by atoms with Gasteiger partial charge in [0.15, 0.2) is 0 Å². The third-order valence-corrected chi connectivity index (χ3v) is 4.23. The maximum absolute atomic E-state index is 12.3. The van der Waals surface area contributed by atoms with Crippen LogP contribution in [0, 0.1) is 13.8 Å². The Labute approximate surface area is 163 Å². The second kappa shape index (κ2) is 8.99. The largest absolute Gasteiger partial charge is 0.492 e. The summed E-state index contributed by atoms with van der Waals surface area (Å²) in [6, 6.07) is 18.3. The van der Waals surface area contributed by atoms with Crippen LogP contribution in [0.2, 0.25) is 0 Å². The van der Waals surface area contributed by atoms with E-state index in [0.717, 1.165) is 22.4 Å². The van der Waals surface area contributed by atoms with Crippen LogP contribution < -0.4 is 15.6 Å². The van der Waals surface area contributed by atoms with Crippen LogP contribution in [-0.4, -0.2) is 28.8 Å². The van der Waals surface area contributed by atoms with E-state index in [1.165, 1.54) is 16.8 Å². The molecule has 0 fully saturated rings. The lowest BCUT2D eigenvalue weighted by Gasteiger charge is -2.09. The van der Waals surface area contributed by atoms with Gasteiger partial charge in [-0.25, -0.2) is 4.68 Å². The number of hydrogen-bond donors (Lipinski definition) is 1. The molecule has 1 amide bonds. The summed E-state index contributed by atoms with van der Waals surface area (Å²) in [5.41, 5.74) is 3.20. The molecule has 0 radical (unpaired) electrons. The smallest absolute Gasteiger partial charge is 0.271 e. The van der Waals surface area contributed by atoms with Crippen molar-refractivity contribution in [1.82, 2.24) is 15.1 Å². The summed E-state index contributed by atoms with van der Waals surface area (Å²) in [7, 11) is 0. The van der Waals surface area contributed by atoms with Gasteiger partial charge < -0.3 is 10.1 Å². The number of hydrogen-bond acceptors (Lipinski definition) is 4. The van der Waals surface area contributed by atoms with E-state index in [0.29, 0.717) is 19.7 Å².